The van der Waals surface area contributed by atoms with Crippen LogP contribution in [0.5, 0.6) is 11.5 Å². The Hall–Kier alpha value is -1.75. The summed E-state index contributed by atoms with van der Waals surface area (Å²) in [6.45, 7) is 6.57. The van der Waals surface area contributed by atoms with Crippen LogP contribution in [0.3, 0.4) is 0 Å². The van der Waals surface area contributed by atoms with Crippen LogP contribution in [0.4, 0.5) is 0 Å². The molecule has 0 aliphatic carbocycles. The number of aliphatic carboxylic acids is 1. The maximum Gasteiger partial charge on any atom is 0.311 e. The topological polar surface area (TPSA) is 81.8 Å². The lowest BCUT2D eigenvalue weighted by molar-refractivity contribution is -0.152. The van der Waals surface area contributed by atoms with E-state index in [-0.39, 0.29) is 19.1 Å². The van der Waals surface area contributed by atoms with Crippen molar-refractivity contribution in [3.63, 3.8) is 0 Å². The third-order valence-corrected chi connectivity index (χ3v) is 3.85. The first-order valence-electron chi connectivity index (χ1n) is 7.26. The van der Waals surface area contributed by atoms with Gasteiger partial charge in [-0.2, -0.15) is 0 Å². The average Bonchev–Trinajstić information content (AvgIpc) is 2.45. The number of benzene rings is 1. The lowest BCUT2D eigenvalue weighted by Crippen LogP contribution is -2.44. The molecule has 5 heteroatoms. The van der Waals surface area contributed by atoms with Crippen molar-refractivity contribution in [3.8, 4) is 11.5 Å². The number of carboxylic acid groups (broad SMARTS) is 1. The van der Waals surface area contributed by atoms with Crippen LogP contribution in [0.1, 0.15) is 27.2 Å². The molecule has 1 rings (SSSR count). The second kappa shape index (κ2) is 7.88. The molecule has 0 heterocycles. The van der Waals surface area contributed by atoms with E-state index in [2.05, 4.69) is 0 Å². The van der Waals surface area contributed by atoms with E-state index in [1.807, 2.05) is 45.0 Å². The maximum absolute atomic E-state index is 11.5. The Morgan fingerprint density at radius 3 is 2.29 bits per heavy atom. The Bertz CT molecular complexity index is 461. The second-order valence-corrected chi connectivity index (χ2v) is 5.30. The molecule has 1 aromatic carbocycles. The van der Waals surface area contributed by atoms with Gasteiger partial charge in [0.2, 0.25) is 0 Å². The molecule has 1 aromatic rings. The molecule has 0 radical (unpaired) electrons. The summed E-state index contributed by atoms with van der Waals surface area (Å²) >= 11 is 0. The highest BCUT2D eigenvalue weighted by molar-refractivity contribution is 5.75. The van der Waals surface area contributed by atoms with E-state index in [9.17, 15) is 9.90 Å². The van der Waals surface area contributed by atoms with Crippen LogP contribution in [-0.2, 0) is 4.79 Å². The molecule has 0 spiro atoms. The van der Waals surface area contributed by atoms with Crippen molar-refractivity contribution >= 4 is 5.97 Å². The fraction of sp³-hybridized carbons (Fsp3) is 0.562. The zero-order valence-corrected chi connectivity index (χ0v) is 13.0. The van der Waals surface area contributed by atoms with E-state index < -0.39 is 11.4 Å². The molecular formula is C16H25NO4. The Morgan fingerprint density at radius 2 is 1.86 bits per heavy atom. The van der Waals surface area contributed by atoms with Gasteiger partial charge >= 0.3 is 5.97 Å². The smallest absolute Gasteiger partial charge is 0.311 e. The molecule has 0 saturated carbocycles. The molecular weight excluding hydrogens is 270 g/mol. The number of carboxylic acids is 1. The lowest BCUT2D eigenvalue weighted by Gasteiger charge is -2.31. The highest BCUT2D eigenvalue weighted by atomic mass is 16.5. The first-order valence-corrected chi connectivity index (χ1v) is 7.26. The van der Waals surface area contributed by atoms with Crippen molar-refractivity contribution in [2.45, 2.75) is 27.2 Å². The van der Waals surface area contributed by atoms with Gasteiger partial charge in [0, 0.05) is 6.54 Å². The first kappa shape index (κ1) is 17.3. The lowest BCUT2D eigenvalue weighted by atomic mass is 9.75. The molecule has 3 N–H and O–H groups in total. The number of rotatable bonds is 9. The molecule has 118 valence electrons. The standard InChI is InChI=1S/C16H25NO4/c1-4-20-13-7-5-6-8-14(13)21-10-9-16(11-17,12(2)3)15(18)19/h5-8,12H,4,9-11,17H2,1-3H3,(H,18,19). The second-order valence-electron chi connectivity index (χ2n) is 5.30. The third kappa shape index (κ3) is 4.11. The molecule has 5 nitrogen and oxygen atoms in total. The number of nitrogens with two attached hydrogens (primary N) is 1. The van der Waals surface area contributed by atoms with Crippen LogP contribution in [0.15, 0.2) is 24.3 Å². The van der Waals surface area contributed by atoms with Crippen LogP contribution < -0.4 is 15.2 Å². The summed E-state index contributed by atoms with van der Waals surface area (Å²) < 4.78 is 11.2. The van der Waals surface area contributed by atoms with Crippen molar-refractivity contribution < 1.29 is 19.4 Å². The number of hydrogen-bond donors (Lipinski definition) is 2. The molecule has 0 aliphatic rings. The van der Waals surface area contributed by atoms with Gasteiger partial charge in [0.25, 0.3) is 0 Å². The highest BCUT2D eigenvalue weighted by Crippen LogP contribution is 2.32. The molecule has 1 atom stereocenters. The van der Waals surface area contributed by atoms with Gasteiger partial charge in [-0.1, -0.05) is 26.0 Å². The summed E-state index contributed by atoms with van der Waals surface area (Å²) in [5, 5.41) is 9.47. The van der Waals surface area contributed by atoms with Crippen molar-refractivity contribution in [1.29, 1.82) is 0 Å². The molecule has 0 amide bonds. The van der Waals surface area contributed by atoms with Gasteiger partial charge in [-0.25, -0.2) is 0 Å². The first-order chi connectivity index (χ1) is 9.97. The van der Waals surface area contributed by atoms with Crippen molar-refractivity contribution in [2.24, 2.45) is 17.1 Å². The summed E-state index contributed by atoms with van der Waals surface area (Å²) in [5.74, 6) is 0.352. The fourth-order valence-corrected chi connectivity index (χ4v) is 2.25. The van der Waals surface area contributed by atoms with E-state index in [1.165, 1.54) is 0 Å². The predicted octanol–water partition coefficient (Wildman–Crippen LogP) is 2.54. The summed E-state index contributed by atoms with van der Waals surface area (Å²) in [4.78, 5) is 11.5. The van der Waals surface area contributed by atoms with Gasteiger partial charge in [0.05, 0.1) is 18.6 Å². The molecule has 21 heavy (non-hydrogen) atoms. The van der Waals surface area contributed by atoms with Crippen molar-refractivity contribution in [3.05, 3.63) is 24.3 Å². The van der Waals surface area contributed by atoms with Crippen LogP contribution in [-0.4, -0.2) is 30.8 Å². The van der Waals surface area contributed by atoms with Gasteiger partial charge in [0.15, 0.2) is 11.5 Å². The van der Waals surface area contributed by atoms with Crippen molar-refractivity contribution in [2.75, 3.05) is 19.8 Å². The van der Waals surface area contributed by atoms with Gasteiger partial charge < -0.3 is 20.3 Å². The van der Waals surface area contributed by atoms with E-state index in [4.69, 9.17) is 15.2 Å². The predicted molar refractivity (Wildman–Crippen MR) is 81.7 cm³/mol. The fourth-order valence-electron chi connectivity index (χ4n) is 2.25. The Balaban J connectivity index is 2.73. The van der Waals surface area contributed by atoms with E-state index in [0.29, 0.717) is 24.5 Å². The molecule has 0 bridgehead atoms. The van der Waals surface area contributed by atoms with Gasteiger partial charge in [-0.05, 0) is 31.4 Å². The minimum Gasteiger partial charge on any atom is -0.490 e. The summed E-state index contributed by atoms with van der Waals surface area (Å²) in [6.07, 6.45) is 0.358. The minimum absolute atomic E-state index is 0.0641. The third-order valence-electron chi connectivity index (χ3n) is 3.85. The average molecular weight is 295 g/mol. The van der Waals surface area contributed by atoms with E-state index in [0.717, 1.165) is 0 Å². The number of ether oxygens (including phenoxy) is 2. The Labute approximate surface area is 126 Å². The monoisotopic (exact) mass is 295 g/mol. The van der Waals surface area contributed by atoms with Crippen LogP contribution in [0, 0.1) is 11.3 Å². The van der Waals surface area contributed by atoms with Crippen LogP contribution in [0.25, 0.3) is 0 Å². The van der Waals surface area contributed by atoms with E-state index >= 15 is 0 Å². The number of hydrogen-bond acceptors (Lipinski definition) is 4. The molecule has 0 aromatic heterocycles. The molecule has 0 saturated heterocycles. The SMILES string of the molecule is CCOc1ccccc1OCCC(CN)(C(=O)O)C(C)C. The van der Waals surface area contributed by atoms with Gasteiger partial charge in [0.1, 0.15) is 0 Å². The quantitative estimate of drug-likeness (QED) is 0.731. The number of carbonyl (C=O) groups is 1. The van der Waals surface area contributed by atoms with E-state index in [1.54, 1.807) is 0 Å². The molecule has 1 unspecified atom stereocenters. The highest BCUT2D eigenvalue weighted by Gasteiger charge is 2.40. The van der Waals surface area contributed by atoms with Gasteiger partial charge in [-0.3, -0.25) is 4.79 Å². The summed E-state index contributed by atoms with van der Waals surface area (Å²) in [7, 11) is 0. The maximum atomic E-state index is 11.5. The Kier molecular flexibility index (Phi) is 6.49. The normalized spacial score (nSPS) is 13.8. The molecule has 0 fully saturated rings. The zero-order chi connectivity index (χ0) is 15.9. The minimum atomic E-state index is -0.958. The van der Waals surface area contributed by atoms with Crippen molar-refractivity contribution in [1.82, 2.24) is 0 Å². The number of para-hydroxylation sites is 2. The molecule has 0 aliphatic heterocycles. The summed E-state index contributed by atoms with van der Waals surface area (Å²) in [5.41, 5.74) is 4.75. The Morgan fingerprint density at radius 1 is 1.29 bits per heavy atom. The summed E-state index contributed by atoms with van der Waals surface area (Å²) in [6, 6.07) is 7.36. The van der Waals surface area contributed by atoms with Crippen LogP contribution >= 0.6 is 0 Å². The zero-order valence-electron chi connectivity index (χ0n) is 13.0. The van der Waals surface area contributed by atoms with Gasteiger partial charge in [-0.15, -0.1) is 0 Å². The van der Waals surface area contributed by atoms with Crippen LogP contribution in [0.2, 0.25) is 0 Å². The largest absolute Gasteiger partial charge is 0.490 e.